The van der Waals surface area contributed by atoms with Crippen LogP contribution in [0.2, 0.25) is 0 Å². The summed E-state index contributed by atoms with van der Waals surface area (Å²) in [5, 5.41) is 16.4. The molecule has 14 heavy (non-hydrogen) atoms. The van der Waals surface area contributed by atoms with Gasteiger partial charge in [0.15, 0.2) is 0 Å². The molecule has 1 saturated carbocycles. The Morgan fingerprint density at radius 3 is 2.29 bits per heavy atom. The number of carbonyl (C=O) groups is 2. The Morgan fingerprint density at radius 1 is 1.43 bits per heavy atom. The molecule has 0 aromatic rings. The quantitative estimate of drug-likeness (QED) is 0.624. The molecule has 0 saturated heterocycles. The normalized spacial score (nSPS) is 31.2. The summed E-state index contributed by atoms with van der Waals surface area (Å²) < 4.78 is 0. The van der Waals surface area contributed by atoms with Gasteiger partial charge in [-0.3, -0.25) is 9.59 Å². The minimum atomic E-state index is -0.378. The molecule has 82 valence electrons. The molecule has 3 atom stereocenters. The average molecular weight is 202 g/mol. The number of Topliss-reactive ketones (excluding diaryl/α,β-unsaturated/α-hetero) is 1. The van der Waals surface area contributed by atoms with Gasteiger partial charge < -0.3 is 10.2 Å². The second-order valence-electron chi connectivity index (χ2n) is 3.81. The topological polar surface area (TPSA) is 74.6 Å². The Hall–Kier alpha value is -0.900. The first-order chi connectivity index (χ1) is 6.52. The van der Waals surface area contributed by atoms with Crippen LogP contribution in [-0.4, -0.2) is 28.6 Å². The number of hydrogen-bond acceptors (Lipinski definition) is 3. The summed E-state index contributed by atoms with van der Waals surface area (Å²) >= 11 is 0. The maximum Gasteiger partial charge on any atom is 0.290 e. The summed E-state index contributed by atoms with van der Waals surface area (Å²) in [7, 11) is 0. The number of hydrogen-bond donors (Lipinski definition) is 2. The molecule has 0 aliphatic heterocycles. The molecule has 4 heteroatoms. The first-order valence-electron chi connectivity index (χ1n) is 4.79. The van der Waals surface area contributed by atoms with Crippen molar-refractivity contribution in [2.45, 2.75) is 39.2 Å². The van der Waals surface area contributed by atoms with E-state index in [2.05, 4.69) is 6.92 Å². The highest BCUT2D eigenvalue weighted by Gasteiger charge is 2.29. The highest BCUT2D eigenvalue weighted by molar-refractivity contribution is 5.78. The third-order valence-electron chi connectivity index (χ3n) is 2.60. The van der Waals surface area contributed by atoms with Gasteiger partial charge in [-0.05, 0) is 32.1 Å². The smallest absolute Gasteiger partial charge is 0.290 e. The molecule has 4 nitrogen and oxygen atoms in total. The number of carboxylic acid groups (broad SMARTS) is 1. The van der Waals surface area contributed by atoms with E-state index in [0.29, 0.717) is 5.92 Å². The molecule has 0 aromatic carbocycles. The lowest BCUT2D eigenvalue weighted by Crippen LogP contribution is -2.32. The molecule has 1 fully saturated rings. The van der Waals surface area contributed by atoms with Crippen molar-refractivity contribution >= 4 is 12.3 Å². The number of aliphatic hydroxyl groups is 1. The molecule has 0 aromatic heterocycles. The second kappa shape index (κ2) is 6.54. The SMILES string of the molecule is CC(=O)[C@@H]1CC[C@@H](C)C[C@H]1O.O=CO. The highest BCUT2D eigenvalue weighted by Crippen LogP contribution is 2.28. The van der Waals surface area contributed by atoms with E-state index in [-0.39, 0.29) is 24.3 Å². The van der Waals surface area contributed by atoms with Gasteiger partial charge in [0, 0.05) is 5.92 Å². The molecular weight excluding hydrogens is 184 g/mol. The van der Waals surface area contributed by atoms with Crippen molar-refractivity contribution < 1.29 is 19.8 Å². The lowest BCUT2D eigenvalue weighted by Gasteiger charge is -2.29. The molecule has 0 radical (unpaired) electrons. The van der Waals surface area contributed by atoms with E-state index in [1.165, 1.54) is 0 Å². The van der Waals surface area contributed by atoms with Crippen LogP contribution < -0.4 is 0 Å². The zero-order valence-corrected chi connectivity index (χ0v) is 8.64. The maximum atomic E-state index is 11.0. The number of aliphatic hydroxyl groups excluding tert-OH is 1. The fraction of sp³-hybridized carbons (Fsp3) is 0.800. The summed E-state index contributed by atoms with van der Waals surface area (Å²) in [5.74, 6) is 0.649. The Bertz CT molecular complexity index is 191. The van der Waals surface area contributed by atoms with Gasteiger partial charge in [0.25, 0.3) is 6.47 Å². The molecule has 0 bridgehead atoms. The number of carbonyl (C=O) groups excluding carboxylic acids is 1. The molecule has 0 unspecified atom stereocenters. The van der Waals surface area contributed by atoms with Crippen LogP contribution >= 0.6 is 0 Å². The van der Waals surface area contributed by atoms with Crippen molar-refractivity contribution in [1.82, 2.24) is 0 Å². The Labute approximate surface area is 83.9 Å². The molecule has 0 spiro atoms. The zero-order valence-electron chi connectivity index (χ0n) is 8.64. The predicted molar refractivity (Wildman–Crippen MR) is 51.9 cm³/mol. The van der Waals surface area contributed by atoms with Crippen molar-refractivity contribution in [2.24, 2.45) is 11.8 Å². The Morgan fingerprint density at radius 2 is 1.93 bits per heavy atom. The van der Waals surface area contributed by atoms with Gasteiger partial charge in [-0.2, -0.15) is 0 Å². The van der Waals surface area contributed by atoms with E-state index in [1.807, 2.05) is 0 Å². The molecule has 1 aliphatic carbocycles. The van der Waals surface area contributed by atoms with Crippen LogP contribution in [0.25, 0.3) is 0 Å². The van der Waals surface area contributed by atoms with Crippen LogP contribution in [-0.2, 0) is 9.59 Å². The van der Waals surface area contributed by atoms with E-state index in [4.69, 9.17) is 9.90 Å². The Balaban J connectivity index is 0.000000500. The summed E-state index contributed by atoms with van der Waals surface area (Å²) in [6, 6.07) is 0. The van der Waals surface area contributed by atoms with Crippen LogP contribution in [0.5, 0.6) is 0 Å². The highest BCUT2D eigenvalue weighted by atomic mass is 16.3. The van der Waals surface area contributed by atoms with Gasteiger partial charge in [-0.1, -0.05) is 6.92 Å². The lowest BCUT2D eigenvalue weighted by atomic mass is 9.79. The first kappa shape index (κ1) is 13.1. The zero-order chi connectivity index (χ0) is 11.1. The van der Waals surface area contributed by atoms with Gasteiger partial charge in [0.1, 0.15) is 5.78 Å². The van der Waals surface area contributed by atoms with Gasteiger partial charge in [0.05, 0.1) is 6.10 Å². The molecule has 0 heterocycles. The van der Waals surface area contributed by atoms with E-state index in [1.54, 1.807) is 6.92 Å². The fourth-order valence-corrected chi connectivity index (χ4v) is 1.83. The van der Waals surface area contributed by atoms with Gasteiger partial charge in [0.2, 0.25) is 0 Å². The van der Waals surface area contributed by atoms with E-state index in [0.717, 1.165) is 19.3 Å². The monoisotopic (exact) mass is 202 g/mol. The molecule has 2 N–H and O–H groups in total. The van der Waals surface area contributed by atoms with Crippen LogP contribution in [0.1, 0.15) is 33.1 Å². The standard InChI is InChI=1S/C9H16O2.CH2O2/c1-6-3-4-8(7(2)10)9(11)5-6;2-1-3/h6,8-9,11H,3-5H2,1-2H3;1H,(H,2,3)/t6-,8+,9-;/m1./s1. The van der Waals surface area contributed by atoms with E-state index >= 15 is 0 Å². The molecule has 0 amide bonds. The van der Waals surface area contributed by atoms with Crippen molar-refractivity contribution in [3.8, 4) is 0 Å². The van der Waals surface area contributed by atoms with E-state index in [9.17, 15) is 9.90 Å². The summed E-state index contributed by atoms with van der Waals surface area (Å²) in [4.78, 5) is 19.3. The predicted octanol–water partition coefficient (Wildman–Crippen LogP) is 1.07. The van der Waals surface area contributed by atoms with E-state index < -0.39 is 0 Å². The Kier molecular flexibility index (Phi) is 6.12. The number of ketones is 1. The summed E-state index contributed by atoms with van der Waals surface area (Å²) in [5.41, 5.74) is 0. The third-order valence-corrected chi connectivity index (χ3v) is 2.60. The molecular formula is C10H18O4. The number of rotatable bonds is 1. The van der Waals surface area contributed by atoms with Crippen molar-refractivity contribution in [1.29, 1.82) is 0 Å². The maximum absolute atomic E-state index is 11.0. The van der Waals surface area contributed by atoms with Crippen molar-refractivity contribution in [2.75, 3.05) is 0 Å². The largest absolute Gasteiger partial charge is 0.483 e. The van der Waals surface area contributed by atoms with Gasteiger partial charge in [-0.25, -0.2) is 0 Å². The first-order valence-corrected chi connectivity index (χ1v) is 4.79. The lowest BCUT2D eigenvalue weighted by molar-refractivity contribution is -0.126. The van der Waals surface area contributed by atoms with Gasteiger partial charge >= 0.3 is 0 Å². The summed E-state index contributed by atoms with van der Waals surface area (Å²) in [6.07, 6.45) is 2.37. The molecule has 1 rings (SSSR count). The van der Waals surface area contributed by atoms with Crippen LogP contribution in [0, 0.1) is 11.8 Å². The van der Waals surface area contributed by atoms with Crippen molar-refractivity contribution in [3.63, 3.8) is 0 Å². The van der Waals surface area contributed by atoms with Crippen LogP contribution in [0.15, 0.2) is 0 Å². The fourth-order valence-electron chi connectivity index (χ4n) is 1.83. The summed E-state index contributed by atoms with van der Waals surface area (Å²) in [6.45, 7) is 3.45. The van der Waals surface area contributed by atoms with Crippen LogP contribution in [0.4, 0.5) is 0 Å². The minimum absolute atomic E-state index is 0.0776. The van der Waals surface area contributed by atoms with Crippen molar-refractivity contribution in [3.05, 3.63) is 0 Å². The average Bonchev–Trinajstić information content (AvgIpc) is 2.04. The van der Waals surface area contributed by atoms with Crippen LogP contribution in [0.3, 0.4) is 0 Å². The second-order valence-corrected chi connectivity index (χ2v) is 3.81. The molecule has 1 aliphatic rings. The third kappa shape index (κ3) is 4.37. The van der Waals surface area contributed by atoms with Gasteiger partial charge in [-0.15, -0.1) is 0 Å². The minimum Gasteiger partial charge on any atom is -0.483 e.